The van der Waals surface area contributed by atoms with Crippen LogP contribution in [0.15, 0.2) is 36.4 Å². The fraction of sp³-hybridized carbons (Fsp3) is 0.278. The number of fused-ring (bicyclic) bond motifs is 1. The van der Waals surface area contributed by atoms with Crippen LogP contribution < -0.4 is 5.32 Å². The molecule has 0 saturated heterocycles. The van der Waals surface area contributed by atoms with Gasteiger partial charge in [0.2, 0.25) is 0 Å². The highest BCUT2D eigenvalue weighted by molar-refractivity contribution is 7.86. The first-order chi connectivity index (χ1) is 11.6. The number of nitriles is 1. The van der Waals surface area contributed by atoms with Gasteiger partial charge < -0.3 is 10.1 Å². The van der Waals surface area contributed by atoms with Crippen LogP contribution in [0.2, 0.25) is 0 Å². The van der Waals surface area contributed by atoms with Gasteiger partial charge in [-0.3, -0.25) is 4.55 Å². The Morgan fingerprint density at radius 3 is 2.56 bits per heavy atom. The molecule has 0 fully saturated rings. The van der Waals surface area contributed by atoms with Gasteiger partial charge in [-0.05, 0) is 61.7 Å². The van der Waals surface area contributed by atoms with Crippen LogP contribution >= 0.6 is 0 Å². The van der Waals surface area contributed by atoms with Crippen LogP contribution in [0.1, 0.15) is 30.5 Å². The highest BCUT2D eigenvalue weighted by Gasteiger charge is 2.39. The molecule has 1 atom stereocenters. The Hall–Kier alpha value is -2.40. The number of nitrogens with one attached hydrogen (secondary N) is 1. The second-order valence-electron chi connectivity index (χ2n) is 6.58. The summed E-state index contributed by atoms with van der Waals surface area (Å²) in [6.07, 6.45) is 0. The van der Waals surface area contributed by atoms with E-state index >= 15 is 0 Å². The lowest BCUT2D eigenvalue weighted by atomic mass is 9.90. The molecule has 1 heterocycles. The zero-order valence-electron chi connectivity index (χ0n) is 14.1. The maximum atomic E-state index is 11.4. The van der Waals surface area contributed by atoms with Crippen molar-refractivity contribution in [3.63, 3.8) is 0 Å². The fourth-order valence-corrected chi connectivity index (χ4v) is 3.62. The first kappa shape index (κ1) is 17.4. The molecule has 3 rings (SSSR count). The predicted molar refractivity (Wildman–Crippen MR) is 94.4 cm³/mol. The molecule has 0 bridgehead atoms. The van der Waals surface area contributed by atoms with Crippen LogP contribution in [0.4, 0.5) is 5.69 Å². The van der Waals surface area contributed by atoms with Crippen molar-refractivity contribution in [1.82, 2.24) is 0 Å². The lowest BCUT2D eigenvalue weighted by Gasteiger charge is -2.37. The third-order valence-electron chi connectivity index (χ3n) is 4.15. The molecule has 0 radical (unpaired) electrons. The minimum atomic E-state index is -4.39. The molecule has 2 aromatic rings. The molecule has 0 aromatic heterocycles. The number of hydrogen-bond acceptors (Lipinski definition) is 5. The first-order valence-electron chi connectivity index (χ1n) is 7.67. The monoisotopic (exact) mass is 358 g/mol. The number of anilines is 1. The highest BCUT2D eigenvalue weighted by atomic mass is 32.2. The molecule has 0 saturated carbocycles. The number of nitrogens with zero attached hydrogens (tertiary/aromatic N) is 1. The van der Waals surface area contributed by atoms with Gasteiger partial charge in [0.1, 0.15) is 0 Å². The van der Waals surface area contributed by atoms with Gasteiger partial charge in [0.05, 0.1) is 17.2 Å². The summed E-state index contributed by atoms with van der Waals surface area (Å²) in [5, 5.41) is 11.8. The predicted octanol–water partition coefficient (Wildman–Crippen LogP) is 3.38. The average molecular weight is 358 g/mol. The van der Waals surface area contributed by atoms with Crippen LogP contribution in [0.25, 0.3) is 11.1 Å². The highest BCUT2D eigenvalue weighted by Crippen LogP contribution is 2.40. The Morgan fingerprint density at radius 1 is 1.20 bits per heavy atom. The topological polar surface area (TPSA) is 99.4 Å². The summed E-state index contributed by atoms with van der Waals surface area (Å²) in [5.74, 6) is 0. The standard InChI is InChI=1S/C18H18N2O4S/c1-11-6-12(10-19)8-14(7-11)13-4-5-16-15(9-13)18(2,3)24-17(20-16)25(21,22)23/h4-9,17,20H,1-3H3,(H,21,22,23). The van der Waals surface area contributed by atoms with Gasteiger partial charge in [-0.1, -0.05) is 12.1 Å². The molecule has 2 N–H and O–H groups in total. The molecule has 7 heteroatoms. The molecule has 130 valence electrons. The van der Waals surface area contributed by atoms with Crippen LogP contribution in [0, 0.1) is 18.3 Å². The van der Waals surface area contributed by atoms with Gasteiger partial charge in [-0.15, -0.1) is 0 Å². The zero-order valence-corrected chi connectivity index (χ0v) is 14.9. The zero-order chi connectivity index (χ0) is 18.4. The van der Waals surface area contributed by atoms with Gasteiger partial charge in [0.25, 0.3) is 5.56 Å². The Morgan fingerprint density at radius 2 is 1.92 bits per heavy atom. The van der Waals surface area contributed by atoms with Crippen LogP contribution in [-0.2, 0) is 20.5 Å². The van der Waals surface area contributed by atoms with Crippen molar-refractivity contribution in [3.05, 3.63) is 53.1 Å². The van der Waals surface area contributed by atoms with E-state index in [1.54, 1.807) is 26.0 Å². The van der Waals surface area contributed by atoms with Gasteiger partial charge in [-0.25, -0.2) is 0 Å². The Balaban J connectivity index is 2.10. The van der Waals surface area contributed by atoms with Crippen LogP contribution in [-0.4, -0.2) is 18.5 Å². The summed E-state index contributed by atoms with van der Waals surface area (Å²) in [4.78, 5) is 0. The van der Waals surface area contributed by atoms with Crippen molar-refractivity contribution in [3.8, 4) is 17.2 Å². The van der Waals surface area contributed by atoms with Gasteiger partial charge in [0.15, 0.2) is 0 Å². The second kappa shape index (κ2) is 5.85. The number of hydrogen-bond donors (Lipinski definition) is 2. The molecule has 1 unspecified atom stereocenters. The van der Waals surface area contributed by atoms with E-state index in [2.05, 4.69) is 11.4 Å². The summed E-state index contributed by atoms with van der Waals surface area (Å²) in [6.45, 7) is 5.41. The van der Waals surface area contributed by atoms with E-state index in [0.29, 0.717) is 11.3 Å². The molecule has 0 amide bonds. The van der Waals surface area contributed by atoms with Crippen LogP contribution in [0.3, 0.4) is 0 Å². The quantitative estimate of drug-likeness (QED) is 0.799. The smallest absolute Gasteiger partial charge is 0.312 e. The first-order valence-corrected chi connectivity index (χ1v) is 9.18. The summed E-state index contributed by atoms with van der Waals surface area (Å²) < 4.78 is 37.6. The van der Waals surface area contributed by atoms with Crippen LogP contribution in [0.5, 0.6) is 0 Å². The minimum absolute atomic E-state index is 0.577. The molecule has 2 aromatic carbocycles. The van der Waals surface area contributed by atoms with E-state index in [1.807, 2.05) is 31.2 Å². The van der Waals surface area contributed by atoms with Gasteiger partial charge in [0, 0.05) is 11.3 Å². The summed E-state index contributed by atoms with van der Waals surface area (Å²) >= 11 is 0. The van der Waals surface area contributed by atoms with Crippen molar-refractivity contribution in [2.24, 2.45) is 0 Å². The summed E-state index contributed by atoms with van der Waals surface area (Å²) in [7, 11) is -4.39. The normalized spacial score (nSPS) is 18.8. The number of aryl methyl sites for hydroxylation is 1. The largest absolute Gasteiger partial charge is 0.345 e. The summed E-state index contributed by atoms with van der Waals surface area (Å²) in [5.41, 5.74) is 2.26. The van der Waals surface area contributed by atoms with Crippen molar-refractivity contribution < 1.29 is 17.7 Å². The number of benzene rings is 2. The Kier molecular flexibility index (Phi) is 4.07. The summed E-state index contributed by atoms with van der Waals surface area (Å²) in [6, 6.07) is 13.2. The molecular weight excluding hydrogens is 340 g/mol. The van der Waals surface area contributed by atoms with E-state index < -0.39 is 21.3 Å². The van der Waals surface area contributed by atoms with Crippen molar-refractivity contribution in [2.75, 3.05) is 5.32 Å². The van der Waals surface area contributed by atoms with Crippen molar-refractivity contribution in [1.29, 1.82) is 5.26 Å². The van der Waals surface area contributed by atoms with Crippen molar-refractivity contribution >= 4 is 15.8 Å². The number of rotatable bonds is 2. The van der Waals surface area contributed by atoms with Crippen molar-refractivity contribution in [2.45, 2.75) is 31.9 Å². The van der Waals surface area contributed by atoms with E-state index in [0.717, 1.165) is 22.3 Å². The molecular formula is C18H18N2O4S. The third kappa shape index (κ3) is 3.37. The molecule has 0 aliphatic carbocycles. The van der Waals surface area contributed by atoms with Gasteiger partial charge >= 0.3 is 10.1 Å². The lowest BCUT2D eigenvalue weighted by molar-refractivity contribution is -0.0406. The minimum Gasteiger partial charge on any atom is -0.345 e. The van der Waals surface area contributed by atoms with E-state index in [-0.39, 0.29) is 0 Å². The fourth-order valence-electron chi connectivity index (χ4n) is 2.98. The van der Waals surface area contributed by atoms with E-state index in [9.17, 15) is 13.0 Å². The van der Waals surface area contributed by atoms with E-state index in [1.165, 1.54) is 0 Å². The Bertz CT molecular complexity index is 991. The van der Waals surface area contributed by atoms with Gasteiger partial charge in [-0.2, -0.15) is 13.7 Å². The van der Waals surface area contributed by atoms with E-state index in [4.69, 9.17) is 10.00 Å². The second-order valence-corrected chi connectivity index (χ2v) is 8.04. The molecule has 25 heavy (non-hydrogen) atoms. The SMILES string of the molecule is Cc1cc(C#N)cc(-c2ccc3c(c2)C(C)(C)OC(S(=O)(=O)O)N3)c1. The Labute approximate surface area is 146 Å². The molecule has 6 nitrogen and oxygen atoms in total. The lowest BCUT2D eigenvalue weighted by Crippen LogP contribution is -2.43. The maximum Gasteiger partial charge on any atom is 0.312 e. The molecule has 0 spiro atoms. The third-order valence-corrected chi connectivity index (χ3v) is 4.91. The molecule has 1 aliphatic heterocycles. The number of ether oxygens (including phenoxy) is 1. The maximum absolute atomic E-state index is 11.4. The molecule has 1 aliphatic rings. The average Bonchev–Trinajstić information content (AvgIpc) is 2.52.